The molecule has 0 spiro atoms. The van der Waals surface area contributed by atoms with E-state index in [0.717, 1.165) is 15.6 Å². The van der Waals surface area contributed by atoms with Gasteiger partial charge in [-0.2, -0.15) is 0 Å². The number of methoxy groups -OCH3 is 1. The first-order valence-electron chi connectivity index (χ1n) is 6.01. The number of halogens is 1. The van der Waals surface area contributed by atoms with Gasteiger partial charge in [-0.25, -0.2) is 0 Å². The highest BCUT2D eigenvalue weighted by molar-refractivity contribution is 9.10. The predicted molar refractivity (Wildman–Crippen MR) is 79.4 cm³/mol. The lowest BCUT2D eigenvalue weighted by Crippen LogP contribution is -1.87. The monoisotopic (exact) mass is 330 g/mol. The van der Waals surface area contributed by atoms with Crippen molar-refractivity contribution in [3.63, 3.8) is 0 Å². The van der Waals surface area contributed by atoms with Crippen molar-refractivity contribution in [2.24, 2.45) is 0 Å². The van der Waals surface area contributed by atoms with E-state index in [1.807, 2.05) is 48.5 Å². The molecule has 0 fully saturated rings. The predicted octanol–water partition coefficient (Wildman–Crippen LogP) is 4.17. The van der Waals surface area contributed by atoms with Crippen molar-refractivity contribution in [3.05, 3.63) is 53.0 Å². The van der Waals surface area contributed by atoms with Crippen LogP contribution in [0.5, 0.6) is 5.75 Å². The first kappa shape index (κ1) is 12.9. The number of para-hydroxylation sites is 1. The van der Waals surface area contributed by atoms with Gasteiger partial charge in [0.2, 0.25) is 5.89 Å². The summed E-state index contributed by atoms with van der Waals surface area (Å²) in [5.41, 5.74) is 1.66. The summed E-state index contributed by atoms with van der Waals surface area (Å²) in [6, 6.07) is 15.3. The topological polar surface area (TPSA) is 48.2 Å². The van der Waals surface area contributed by atoms with E-state index in [1.165, 1.54) is 0 Å². The summed E-state index contributed by atoms with van der Waals surface area (Å²) >= 11 is 3.40. The molecule has 100 valence electrons. The number of benzene rings is 2. The van der Waals surface area contributed by atoms with Crippen LogP contribution in [0.15, 0.2) is 57.4 Å². The Morgan fingerprint density at radius 2 is 1.65 bits per heavy atom. The molecule has 1 aromatic heterocycles. The zero-order valence-electron chi connectivity index (χ0n) is 10.7. The number of ether oxygens (including phenoxy) is 1. The molecular formula is C15H11BrN2O2. The van der Waals surface area contributed by atoms with Gasteiger partial charge >= 0.3 is 0 Å². The van der Waals surface area contributed by atoms with Gasteiger partial charge in [-0.15, -0.1) is 10.2 Å². The van der Waals surface area contributed by atoms with Crippen molar-refractivity contribution in [1.82, 2.24) is 10.2 Å². The minimum absolute atomic E-state index is 0.445. The number of hydrogen-bond donors (Lipinski definition) is 0. The SMILES string of the molecule is COc1ccccc1-c1nnc(-c2ccc(Br)cc2)o1. The van der Waals surface area contributed by atoms with Gasteiger partial charge in [-0.1, -0.05) is 28.1 Å². The van der Waals surface area contributed by atoms with Gasteiger partial charge < -0.3 is 9.15 Å². The molecule has 0 unspecified atom stereocenters. The lowest BCUT2D eigenvalue weighted by atomic mass is 10.2. The molecule has 20 heavy (non-hydrogen) atoms. The summed E-state index contributed by atoms with van der Waals surface area (Å²) in [7, 11) is 1.62. The molecule has 3 rings (SSSR count). The van der Waals surface area contributed by atoms with Gasteiger partial charge in [0.1, 0.15) is 5.75 Å². The minimum atomic E-state index is 0.445. The Bertz CT molecular complexity index is 723. The summed E-state index contributed by atoms with van der Waals surface area (Å²) in [5, 5.41) is 8.17. The van der Waals surface area contributed by atoms with E-state index < -0.39 is 0 Å². The third-order valence-corrected chi connectivity index (χ3v) is 3.38. The van der Waals surface area contributed by atoms with Gasteiger partial charge in [0.25, 0.3) is 5.89 Å². The van der Waals surface area contributed by atoms with Crippen molar-refractivity contribution in [1.29, 1.82) is 0 Å². The molecule has 0 aliphatic carbocycles. The zero-order valence-corrected chi connectivity index (χ0v) is 12.3. The number of rotatable bonds is 3. The van der Waals surface area contributed by atoms with Gasteiger partial charge in [-0.05, 0) is 36.4 Å². The van der Waals surface area contributed by atoms with Gasteiger partial charge in [0.05, 0.1) is 12.7 Å². The fourth-order valence-corrected chi connectivity index (χ4v) is 2.13. The van der Waals surface area contributed by atoms with Crippen molar-refractivity contribution in [3.8, 4) is 28.7 Å². The molecule has 0 aliphatic heterocycles. The second-order valence-corrected chi connectivity index (χ2v) is 5.04. The van der Waals surface area contributed by atoms with Crippen molar-refractivity contribution >= 4 is 15.9 Å². The van der Waals surface area contributed by atoms with Crippen molar-refractivity contribution in [2.75, 3.05) is 7.11 Å². The van der Waals surface area contributed by atoms with Crippen molar-refractivity contribution < 1.29 is 9.15 Å². The van der Waals surface area contributed by atoms with Crippen molar-refractivity contribution in [2.45, 2.75) is 0 Å². The van der Waals surface area contributed by atoms with Crippen LogP contribution < -0.4 is 4.74 Å². The third kappa shape index (κ3) is 2.44. The zero-order chi connectivity index (χ0) is 13.9. The molecule has 0 atom stereocenters. The fraction of sp³-hybridized carbons (Fsp3) is 0.0667. The standard InChI is InChI=1S/C15H11BrN2O2/c1-19-13-5-3-2-4-12(13)15-18-17-14(20-15)10-6-8-11(16)9-7-10/h2-9H,1H3. The fourth-order valence-electron chi connectivity index (χ4n) is 1.86. The normalized spacial score (nSPS) is 10.5. The Balaban J connectivity index is 2.00. The minimum Gasteiger partial charge on any atom is -0.496 e. The highest BCUT2D eigenvalue weighted by Gasteiger charge is 2.13. The molecule has 3 aromatic rings. The summed E-state index contributed by atoms with van der Waals surface area (Å²) in [6.07, 6.45) is 0. The molecule has 0 aliphatic rings. The highest BCUT2D eigenvalue weighted by Crippen LogP contribution is 2.30. The average Bonchev–Trinajstić information content (AvgIpc) is 2.97. The molecule has 0 saturated carbocycles. The first-order chi connectivity index (χ1) is 9.78. The van der Waals surface area contributed by atoms with Gasteiger partial charge in [0, 0.05) is 10.0 Å². The Morgan fingerprint density at radius 1 is 0.950 bits per heavy atom. The smallest absolute Gasteiger partial charge is 0.251 e. The average molecular weight is 331 g/mol. The lowest BCUT2D eigenvalue weighted by Gasteiger charge is -2.03. The van der Waals surface area contributed by atoms with Crippen LogP contribution >= 0.6 is 15.9 Å². The molecule has 2 aromatic carbocycles. The second-order valence-electron chi connectivity index (χ2n) is 4.12. The maximum atomic E-state index is 5.72. The summed E-state index contributed by atoms with van der Waals surface area (Å²) < 4.78 is 12.0. The maximum absolute atomic E-state index is 5.72. The van der Waals surface area contributed by atoms with Gasteiger partial charge in [0.15, 0.2) is 0 Å². The van der Waals surface area contributed by atoms with Gasteiger partial charge in [-0.3, -0.25) is 0 Å². The molecule has 1 heterocycles. The summed E-state index contributed by atoms with van der Waals surface area (Å²) in [6.45, 7) is 0. The highest BCUT2D eigenvalue weighted by atomic mass is 79.9. The summed E-state index contributed by atoms with van der Waals surface area (Å²) in [4.78, 5) is 0. The van der Waals surface area contributed by atoms with Crippen LogP contribution in [0.2, 0.25) is 0 Å². The largest absolute Gasteiger partial charge is 0.496 e. The molecule has 0 amide bonds. The third-order valence-electron chi connectivity index (χ3n) is 2.85. The lowest BCUT2D eigenvalue weighted by molar-refractivity contribution is 0.414. The summed E-state index contributed by atoms with van der Waals surface area (Å²) in [5.74, 6) is 1.64. The van der Waals surface area contributed by atoms with E-state index in [-0.39, 0.29) is 0 Å². The molecule has 5 heteroatoms. The molecular weight excluding hydrogens is 320 g/mol. The van der Waals surface area contributed by atoms with E-state index in [1.54, 1.807) is 7.11 Å². The van der Waals surface area contributed by atoms with E-state index >= 15 is 0 Å². The van der Waals surface area contributed by atoms with E-state index in [2.05, 4.69) is 26.1 Å². The van der Waals surface area contributed by atoms with Crippen LogP contribution in [-0.2, 0) is 0 Å². The first-order valence-corrected chi connectivity index (χ1v) is 6.80. The van der Waals surface area contributed by atoms with E-state index in [9.17, 15) is 0 Å². The Hall–Kier alpha value is -2.14. The van der Waals surface area contributed by atoms with Crippen LogP contribution in [0.1, 0.15) is 0 Å². The van der Waals surface area contributed by atoms with Crippen LogP contribution in [0.4, 0.5) is 0 Å². The molecule has 0 radical (unpaired) electrons. The van der Waals surface area contributed by atoms with Crippen LogP contribution in [-0.4, -0.2) is 17.3 Å². The Labute approximate surface area is 124 Å². The molecule has 0 bridgehead atoms. The Morgan fingerprint density at radius 3 is 2.40 bits per heavy atom. The molecule has 0 saturated heterocycles. The van der Waals surface area contributed by atoms with E-state index in [4.69, 9.17) is 9.15 Å². The van der Waals surface area contributed by atoms with Crippen LogP contribution in [0.3, 0.4) is 0 Å². The van der Waals surface area contributed by atoms with Crippen LogP contribution in [0.25, 0.3) is 22.9 Å². The number of hydrogen-bond acceptors (Lipinski definition) is 4. The quantitative estimate of drug-likeness (QED) is 0.723. The van der Waals surface area contributed by atoms with Crippen LogP contribution in [0, 0.1) is 0 Å². The number of aromatic nitrogens is 2. The second kappa shape index (κ2) is 5.46. The van der Waals surface area contributed by atoms with E-state index in [0.29, 0.717) is 17.5 Å². The maximum Gasteiger partial charge on any atom is 0.251 e. The molecule has 0 N–H and O–H groups in total. The Kier molecular flexibility index (Phi) is 3.52. The number of nitrogens with zero attached hydrogens (tertiary/aromatic N) is 2. The molecule has 4 nitrogen and oxygen atoms in total.